The lowest BCUT2D eigenvalue weighted by atomic mass is 10.3. The van der Waals surface area contributed by atoms with Crippen molar-refractivity contribution in [3.63, 3.8) is 0 Å². The molecule has 1 rings (SSSR count). The minimum Gasteiger partial charge on any atom is -0.371 e. The summed E-state index contributed by atoms with van der Waals surface area (Å²) in [6.07, 6.45) is 2.18. The van der Waals surface area contributed by atoms with Crippen molar-refractivity contribution in [2.45, 2.75) is 12.2 Å². The Morgan fingerprint density at radius 1 is 1.35 bits per heavy atom. The van der Waals surface area contributed by atoms with E-state index < -0.39 is 13.4 Å². The maximum Gasteiger partial charge on any atom is 0.352 e. The third-order valence-electron chi connectivity index (χ3n) is 2.39. The fraction of sp³-hybridized carbons (Fsp3) is 0.333. The molecule has 0 amide bonds. The van der Waals surface area contributed by atoms with Gasteiger partial charge in [0.1, 0.15) is 5.78 Å². The van der Waals surface area contributed by atoms with Gasteiger partial charge in [-0.15, -0.1) is 6.58 Å². The van der Waals surface area contributed by atoms with E-state index in [-0.39, 0.29) is 0 Å². The Bertz CT molecular complexity index is 386. The first-order valence-corrected chi connectivity index (χ1v) is 6.91. The summed E-state index contributed by atoms with van der Waals surface area (Å²) < 4.78 is 22.3. The molecule has 1 aromatic carbocycles. The third-order valence-corrected chi connectivity index (χ3v) is 4.51. The van der Waals surface area contributed by atoms with Crippen LogP contribution in [0, 0.1) is 0 Å². The molecule has 0 saturated heterocycles. The van der Waals surface area contributed by atoms with E-state index in [0.29, 0.717) is 6.42 Å². The van der Waals surface area contributed by atoms with Crippen LogP contribution in [-0.2, 0) is 13.6 Å². The molecule has 5 heteroatoms. The quantitative estimate of drug-likeness (QED) is 0.598. The van der Waals surface area contributed by atoms with Gasteiger partial charge in [0.15, 0.2) is 0 Å². The summed E-state index contributed by atoms with van der Waals surface area (Å²) in [6.45, 7) is 3.65. The van der Waals surface area contributed by atoms with Crippen LogP contribution in [-0.4, -0.2) is 20.0 Å². The van der Waals surface area contributed by atoms with Gasteiger partial charge in [0, 0.05) is 19.9 Å². The molecule has 4 nitrogen and oxygen atoms in total. The fourth-order valence-corrected chi connectivity index (χ4v) is 2.85. The standard InChI is InChI=1S/C12H18NO3P/c1-4-8-12(17(14,15-2)16-3)13-11-9-6-5-7-10-11/h4-7,9-10,12-13H,1,8H2,2-3H3. The van der Waals surface area contributed by atoms with Gasteiger partial charge in [0.2, 0.25) is 0 Å². The summed E-state index contributed by atoms with van der Waals surface area (Å²) in [5.41, 5.74) is 0.869. The van der Waals surface area contributed by atoms with Crippen LogP contribution in [0.25, 0.3) is 0 Å². The van der Waals surface area contributed by atoms with Gasteiger partial charge in [-0.3, -0.25) is 4.57 Å². The predicted molar refractivity (Wildman–Crippen MR) is 70.3 cm³/mol. The lowest BCUT2D eigenvalue weighted by Gasteiger charge is -2.25. The second-order valence-electron chi connectivity index (χ2n) is 3.46. The molecule has 1 unspecified atom stereocenters. The van der Waals surface area contributed by atoms with E-state index in [0.717, 1.165) is 5.69 Å². The van der Waals surface area contributed by atoms with E-state index in [2.05, 4.69) is 11.9 Å². The molecule has 0 heterocycles. The Morgan fingerprint density at radius 3 is 2.41 bits per heavy atom. The largest absolute Gasteiger partial charge is 0.371 e. The SMILES string of the molecule is C=CCC(Nc1ccccc1)P(=O)(OC)OC. The maximum atomic E-state index is 12.3. The number of benzene rings is 1. The van der Waals surface area contributed by atoms with Crippen molar-refractivity contribution in [1.82, 2.24) is 0 Å². The van der Waals surface area contributed by atoms with Crippen LogP contribution in [0.2, 0.25) is 0 Å². The average molecular weight is 255 g/mol. The fourth-order valence-electron chi connectivity index (χ4n) is 1.48. The summed E-state index contributed by atoms with van der Waals surface area (Å²) in [5.74, 6) is -0.433. The average Bonchev–Trinajstić information content (AvgIpc) is 2.38. The van der Waals surface area contributed by atoms with E-state index in [1.165, 1.54) is 14.2 Å². The zero-order valence-corrected chi connectivity index (χ0v) is 11.0. The number of hydrogen-bond donors (Lipinski definition) is 1. The maximum absolute atomic E-state index is 12.3. The van der Waals surface area contributed by atoms with Crippen LogP contribution in [0.3, 0.4) is 0 Å². The molecular formula is C12H18NO3P. The topological polar surface area (TPSA) is 47.6 Å². The molecule has 0 radical (unpaired) electrons. The van der Waals surface area contributed by atoms with E-state index in [9.17, 15) is 4.57 Å². The van der Waals surface area contributed by atoms with Crippen LogP contribution < -0.4 is 5.32 Å². The number of rotatable bonds is 7. The van der Waals surface area contributed by atoms with Crippen LogP contribution in [0.5, 0.6) is 0 Å². The molecule has 1 atom stereocenters. The van der Waals surface area contributed by atoms with E-state index >= 15 is 0 Å². The zero-order valence-electron chi connectivity index (χ0n) is 10.1. The van der Waals surface area contributed by atoms with Crippen LogP contribution >= 0.6 is 7.60 Å². The Balaban J connectivity index is 2.86. The van der Waals surface area contributed by atoms with Crippen molar-refractivity contribution in [3.8, 4) is 0 Å². The smallest absolute Gasteiger partial charge is 0.352 e. The van der Waals surface area contributed by atoms with Crippen molar-refractivity contribution in [2.24, 2.45) is 0 Å². The molecule has 0 aromatic heterocycles. The number of para-hydroxylation sites is 1. The number of anilines is 1. The van der Waals surface area contributed by atoms with E-state index in [1.807, 2.05) is 30.3 Å². The van der Waals surface area contributed by atoms with Gasteiger partial charge in [-0.2, -0.15) is 0 Å². The van der Waals surface area contributed by atoms with Gasteiger partial charge in [-0.05, 0) is 18.6 Å². The Kier molecular flexibility index (Phi) is 5.42. The van der Waals surface area contributed by atoms with Crippen molar-refractivity contribution >= 4 is 13.3 Å². The molecule has 0 aliphatic heterocycles. The van der Waals surface area contributed by atoms with Crippen LogP contribution in [0.1, 0.15) is 6.42 Å². The number of hydrogen-bond acceptors (Lipinski definition) is 4. The first kappa shape index (κ1) is 14.0. The summed E-state index contributed by atoms with van der Waals surface area (Å²) >= 11 is 0. The summed E-state index contributed by atoms with van der Waals surface area (Å²) in [6, 6.07) is 9.51. The highest BCUT2D eigenvalue weighted by Crippen LogP contribution is 2.52. The molecular weight excluding hydrogens is 237 g/mol. The summed E-state index contributed by atoms with van der Waals surface area (Å²) in [7, 11) is -0.392. The third kappa shape index (κ3) is 3.70. The molecule has 0 aliphatic carbocycles. The number of nitrogens with one attached hydrogen (secondary N) is 1. The van der Waals surface area contributed by atoms with Crippen LogP contribution in [0.4, 0.5) is 5.69 Å². The highest BCUT2D eigenvalue weighted by atomic mass is 31.2. The Morgan fingerprint density at radius 2 is 1.94 bits per heavy atom. The van der Waals surface area contributed by atoms with Gasteiger partial charge >= 0.3 is 7.60 Å². The van der Waals surface area contributed by atoms with E-state index in [4.69, 9.17) is 9.05 Å². The Labute approximate surface area is 102 Å². The molecule has 94 valence electrons. The van der Waals surface area contributed by atoms with Crippen molar-refractivity contribution in [3.05, 3.63) is 43.0 Å². The summed E-state index contributed by atoms with van der Waals surface area (Å²) in [5, 5.41) is 3.14. The molecule has 17 heavy (non-hydrogen) atoms. The normalized spacial score (nSPS) is 13.1. The molecule has 0 fully saturated rings. The van der Waals surface area contributed by atoms with E-state index in [1.54, 1.807) is 6.08 Å². The lowest BCUT2D eigenvalue weighted by molar-refractivity contribution is 0.268. The molecule has 0 saturated carbocycles. The van der Waals surface area contributed by atoms with Crippen molar-refractivity contribution in [2.75, 3.05) is 19.5 Å². The molecule has 0 spiro atoms. The van der Waals surface area contributed by atoms with Gasteiger partial charge in [0.05, 0.1) is 0 Å². The summed E-state index contributed by atoms with van der Waals surface area (Å²) in [4.78, 5) is 0. The second kappa shape index (κ2) is 6.60. The first-order chi connectivity index (χ1) is 8.16. The molecule has 1 aromatic rings. The van der Waals surface area contributed by atoms with Gasteiger partial charge in [0.25, 0.3) is 0 Å². The van der Waals surface area contributed by atoms with Gasteiger partial charge in [-0.25, -0.2) is 0 Å². The minimum absolute atomic E-state index is 0.433. The monoisotopic (exact) mass is 255 g/mol. The van der Waals surface area contributed by atoms with Crippen LogP contribution in [0.15, 0.2) is 43.0 Å². The molecule has 0 bridgehead atoms. The molecule has 1 N–H and O–H groups in total. The second-order valence-corrected chi connectivity index (χ2v) is 5.89. The van der Waals surface area contributed by atoms with Gasteiger partial charge in [-0.1, -0.05) is 24.3 Å². The highest BCUT2D eigenvalue weighted by Gasteiger charge is 2.32. The highest BCUT2D eigenvalue weighted by molar-refractivity contribution is 7.54. The zero-order chi connectivity index (χ0) is 12.7. The Hall–Kier alpha value is -1.09. The molecule has 0 aliphatic rings. The van der Waals surface area contributed by atoms with Crippen molar-refractivity contribution < 1.29 is 13.6 Å². The van der Waals surface area contributed by atoms with Gasteiger partial charge < -0.3 is 14.4 Å². The van der Waals surface area contributed by atoms with Crippen molar-refractivity contribution in [1.29, 1.82) is 0 Å². The predicted octanol–water partition coefficient (Wildman–Crippen LogP) is 3.49. The lowest BCUT2D eigenvalue weighted by Crippen LogP contribution is -2.20. The minimum atomic E-state index is -3.16. The first-order valence-electron chi connectivity index (χ1n) is 5.30.